The van der Waals surface area contributed by atoms with E-state index in [4.69, 9.17) is 0 Å². The SMILES string of the molecule is [NH3+]Cc1cccc([N-]S(=O)(=O)c2ccccc2F)c1. The summed E-state index contributed by atoms with van der Waals surface area (Å²) in [7, 11) is -4.04. The lowest BCUT2D eigenvalue weighted by Crippen LogP contribution is -2.47. The van der Waals surface area contributed by atoms with Gasteiger partial charge in [0.1, 0.15) is 15.8 Å². The molecule has 0 unspecified atom stereocenters. The van der Waals surface area contributed by atoms with Crippen LogP contribution < -0.4 is 5.73 Å². The third-order valence-corrected chi connectivity index (χ3v) is 3.88. The Morgan fingerprint density at radius 3 is 2.53 bits per heavy atom. The van der Waals surface area contributed by atoms with Gasteiger partial charge >= 0.3 is 0 Å². The molecule has 3 N–H and O–H groups in total. The first-order chi connectivity index (χ1) is 9.03. The molecule has 100 valence electrons. The monoisotopic (exact) mass is 280 g/mol. The zero-order valence-electron chi connectivity index (χ0n) is 10.1. The minimum Gasteiger partial charge on any atom is -0.573 e. The van der Waals surface area contributed by atoms with Crippen LogP contribution in [0.2, 0.25) is 0 Å². The van der Waals surface area contributed by atoms with Crippen molar-refractivity contribution in [3.8, 4) is 0 Å². The lowest BCUT2D eigenvalue weighted by Gasteiger charge is -2.22. The zero-order valence-corrected chi connectivity index (χ0v) is 10.9. The topological polar surface area (TPSA) is 75.9 Å². The van der Waals surface area contributed by atoms with Crippen molar-refractivity contribution in [2.45, 2.75) is 11.4 Å². The lowest BCUT2D eigenvalue weighted by atomic mass is 10.2. The van der Waals surface area contributed by atoms with Crippen molar-refractivity contribution in [1.29, 1.82) is 0 Å². The normalized spacial score (nSPS) is 11.3. The van der Waals surface area contributed by atoms with Gasteiger partial charge in [0, 0.05) is 5.56 Å². The summed E-state index contributed by atoms with van der Waals surface area (Å²) in [6.07, 6.45) is 0. The molecule has 2 aromatic rings. The number of rotatable bonds is 4. The van der Waals surface area contributed by atoms with E-state index in [-0.39, 0.29) is 5.69 Å². The molecule has 0 spiro atoms. The van der Waals surface area contributed by atoms with Crippen molar-refractivity contribution in [3.05, 3.63) is 64.6 Å². The number of quaternary nitrogens is 1. The molecule has 0 atom stereocenters. The number of sulfonamides is 1. The highest BCUT2D eigenvalue weighted by atomic mass is 32.2. The van der Waals surface area contributed by atoms with Gasteiger partial charge < -0.3 is 10.5 Å². The molecule has 0 aliphatic rings. The summed E-state index contributed by atoms with van der Waals surface area (Å²) in [5, 5.41) is 0. The Balaban J connectivity index is 2.34. The van der Waals surface area contributed by atoms with Crippen molar-refractivity contribution < 1.29 is 18.5 Å². The van der Waals surface area contributed by atoms with Crippen LogP contribution in [0.1, 0.15) is 5.56 Å². The number of halogens is 1. The lowest BCUT2D eigenvalue weighted by molar-refractivity contribution is -0.386. The van der Waals surface area contributed by atoms with Crippen LogP contribution >= 0.6 is 0 Å². The first-order valence-corrected chi connectivity index (χ1v) is 7.07. The molecule has 6 heteroatoms. The quantitative estimate of drug-likeness (QED) is 0.929. The minimum atomic E-state index is -4.04. The van der Waals surface area contributed by atoms with Crippen molar-refractivity contribution in [2.24, 2.45) is 0 Å². The summed E-state index contributed by atoms with van der Waals surface area (Å²) in [5.74, 6) is -0.806. The van der Waals surface area contributed by atoms with Crippen LogP contribution in [0.3, 0.4) is 0 Å². The molecule has 0 saturated carbocycles. The maximum Gasteiger partial charge on any atom is 0.140 e. The van der Waals surface area contributed by atoms with Gasteiger partial charge in [-0.3, -0.25) is 0 Å². The van der Waals surface area contributed by atoms with Gasteiger partial charge in [0.05, 0.1) is 11.4 Å². The standard InChI is InChI=1S/C13H12FN2O2S/c14-12-6-1-2-7-13(12)19(17,18)16-11-5-3-4-10(8-11)9-15/h1-8H,9,15H2/q-1/p+1. The number of nitrogens with zero attached hydrogens (tertiary/aromatic N) is 1. The Bertz CT molecular complexity index is 687. The molecule has 0 bridgehead atoms. The van der Waals surface area contributed by atoms with Gasteiger partial charge in [0.15, 0.2) is 0 Å². The van der Waals surface area contributed by atoms with Gasteiger partial charge in [-0.2, -0.15) is 0 Å². The van der Waals surface area contributed by atoms with Gasteiger partial charge in [0.25, 0.3) is 0 Å². The average molecular weight is 280 g/mol. The average Bonchev–Trinajstić information content (AvgIpc) is 2.38. The molecule has 4 nitrogen and oxygen atoms in total. The molecule has 0 radical (unpaired) electrons. The molecule has 0 aliphatic heterocycles. The Morgan fingerprint density at radius 2 is 1.84 bits per heavy atom. The molecule has 0 aliphatic carbocycles. The van der Waals surface area contributed by atoms with Crippen LogP contribution in [0, 0.1) is 5.82 Å². The number of hydrogen-bond donors (Lipinski definition) is 1. The van der Waals surface area contributed by atoms with Crippen LogP contribution in [-0.4, -0.2) is 8.42 Å². The van der Waals surface area contributed by atoms with Crippen molar-refractivity contribution in [3.63, 3.8) is 0 Å². The van der Waals surface area contributed by atoms with Crippen molar-refractivity contribution in [1.82, 2.24) is 0 Å². The predicted molar refractivity (Wildman–Crippen MR) is 69.6 cm³/mol. The molecule has 0 saturated heterocycles. The Hall–Kier alpha value is -1.92. The van der Waals surface area contributed by atoms with Crippen LogP contribution in [0.4, 0.5) is 10.1 Å². The zero-order chi connectivity index (χ0) is 13.9. The van der Waals surface area contributed by atoms with E-state index in [9.17, 15) is 12.8 Å². The number of hydrogen-bond acceptors (Lipinski definition) is 2. The van der Waals surface area contributed by atoms with E-state index in [1.165, 1.54) is 18.2 Å². The van der Waals surface area contributed by atoms with Gasteiger partial charge in [0.2, 0.25) is 0 Å². The minimum absolute atomic E-state index is 0.268. The van der Waals surface area contributed by atoms with Crippen molar-refractivity contribution >= 4 is 15.7 Å². The van der Waals surface area contributed by atoms with Gasteiger partial charge in [-0.15, -0.1) is 5.69 Å². The Kier molecular flexibility index (Phi) is 3.82. The summed E-state index contributed by atoms with van der Waals surface area (Å²) in [4.78, 5) is -0.421. The second kappa shape index (κ2) is 5.38. The number of benzene rings is 2. The highest BCUT2D eigenvalue weighted by Crippen LogP contribution is 2.29. The van der Waals surface area contributed by atoms with E-state index < -0.39 is 20.7 Å². The molecular formula is C13H13FN2O2S. The second-order valence-electron chi connectivity index (χ2n) is 3.92. The van der Waals surface area contributed by atoms with E-state index in [0.29, 0.717) is 6.54 Å². The van der Waals surface area contributed by atoms with Crippen LogP contribution in [0.5, 0.6) is 0 Å². The van der Waals surface area contributed by atoms with Gasteiger partial charge in [-0.25, -0.2) is 12.8 Å². The highest BCUT2D eigenvalue weighted by molar-refractivity contribution is 7.94. The summed E-state index contributed by atoms with van der Waals surface area (Å²) >= 11 is 0. The van der Waals surface area contributed by atoms with Crippen LogP contribution in [0.15, 0.2) is 53.4 Å². The first-order valence-electron chi connectivity index (χ1n) is 5.63. The fourth-order valence-electron chi connectivity index (χ4n) is 1.61. The molecular weight excluding hydrogens is 267 g/mol. The molecule has 0 fully saturated rings. The third-order valence-electron chi connectivity index (χ3n) is 2.54. The maximum absolute atomic E-state index is 13.5. The summed E-state index contributed by atoms with van der Waals surface area (Å²) in [6.45, 7) is 0.531. The molecule has 0 amide bonds. The summed E-state index contributed by atoms with van der Waals surface area (Å²) in [5.41, 5.74) is 4.85. The largest absolute Gasteiger partial charge is 0.573 e. The first kappa shape index (κ1) is 13.5. The van der Waals surface area contributed by atoms with Crippen molar-refractivity contribution in [2.75, 3.05) is 0 Å². The molecule has 19 heavy (non-hydrogen) atoms. The fourth-order valence-corrected chi connectivity index (χ4v) is 2.67. The molecule has 0 heterocycles. The Morgan fingerprint density at radius 1 is 1.11 bits per heavy atom. The smallest absolute Gasteiger partial charge is 0.140 e. The molecule has 2 aromatic carbocycles. The fraction of sp³-hybridized carbons (Fsp3) is 0.0769. The summed E-state index contributed by atoms with van der Waals surface area (Å²) < 4.78 is 41.1. The third kappa shape index (κ3) is 3.10. The van der Waals surface area contributed by atoms with Crippen LogP contribution in [0.25, 0.3) is 4.72 Å². The van der Waals surface area contributed by atoms with E-state index in [1.54, 1.807) is 18.2 Å². The highest BCUT2D eigenvalue weighted by Gasteiger charge is 2.10. The van der Waals surface area contributed by atoms with Gasteiger partial charge in [-0.05, 0) is 12.1 Å². The van der Waals surface area contributed by atoms with E-state index >= 15 is 0 Å². The predicted octanol–water partition coefficient (Wildman–Crippen LogP) is 1.96. The van der Waals surface area contributed by atoms with E-state index in [1.807, 2.05) is 6.07 Å². The van der Waals surface area contributed by atoms with E-state index in [0.717, 1.165) is 11.6 Å². The molecule has 2 rings (SSSR count). The second-order valence-corrected chi connectivity index (χ2v) is 5.49. The van der Waals surface area contributed by atoms with Crippen LogP contribution in [-0.2, 0) is 16.6 Å². The van der Waals surface area contributed by atoms with Gasteiger partial charge in [-0.1, -0.05) is 36.4 Å². The van der Waals surface area contributed by atoms with E-state index in [2.05, 4.69) is 10.5 Å². The maximum atomic E-state index is 13.5. The summed E-state index contributed by atoms with van der Waals surface area (Å²) in [6, 6.07) is 11.9. The Labute approximate surface area is 111 Å². The molecule has 0 aromatic heterocycles.